The fraction of sp³-hybridized carbons (Fsp3) is 0.300. The summed E-state index contributed by atoms with van der Waals surface area (Å²) < 4.78 is 5.52. The third-order valence-corrected chi connectivity index (χ3v) is 1.98. The minimum atomic E-state index is 0.308. The summed E-state index contributed by atoms with van der Waals surface area (Å²) in [6.07, 6.45) is 3.25. The van der Waals surface area contributed by atoms with Crippen LogP contribution in [0.1, 0.15) is 23.2 Å². The quantitative estimate of drug-likeness (QED) is 0.563. The van der Waals surface area contributed by atoms with Gasteiger partial charge >= 0.3 is 0 Å². The van der Waals surface area contributed by atoms with Gasteiger partial charge in [0.15, 0.2) is 6.29 Å². The summed E-state index contributed by atoms with van der Waals surface area (Å²) in [5, 5.41) is 0. The molecule has 0 heterocycles. The predicted molar refractivity (Wildman–Crippen MR) is 49.9 cm³/mol. The summed E-state index contributed by atoms with van der Waals surface area (Å²) in [6.45, 7) is 0. The molecule has 1 saturated carbocycles. The maximum atomic E-state index is 10.6. The Kier molecular flexibility index (Phi) is 1.93. The second kappa shape index (κ2) is 3.09. The minimum Gasteiger partial charge on any atom is -0.490 e. The molecule has 0 atom stereocenters. The van der Waals surface area contributed by atoms with Crippen LogP contribution in [0.5, 0.6) is 5.75 Å². The average Bonchev–Trinajstić information content (AvgIpc) is 2.92. The van der Waals surface area contributed by atoms with E-state index in [0.717, 1.165) is 19.1 Å². The summed E-state index contributed by atoms with van der Waals surface area (Å²) >= 11 is 0. The molecule has 0 saturated heterocycles. The Morgan fingerprint density at radius 3 is 2.85 bits per heavy atom. The Hall–Kier alpha value is -1.51. The van der Waals surface area contributed by atoms with Gasteiger partial charge in [-0.05, 0) is 31.0 Å². The van der Waals surface area contributed by atoms with E-state index in [1.807, 2.05) is 0 Å². The Balaban J connectivity index is 2.25. The van der Waals surface area contributed by atoms with Crippen molar-refractivity contribution >= 4 is 12.0 Å². The van der Waals surface area contributed by atoms with Crippen molar-refractivity contribution in [2.75, 3.05) is 5.73 Å². The monoisotopic (exact) mass is 177 g/mol. The van der Waals surface area contributed by atoms with Crippen LogP contribution < -0.4 is 10.5 Å². The molecule has 1 aromatic rings. The number of carbonyl (C=O) groups excluding carboxylic acids is 1. The highest BCUT2D eigenvalue weighted by Gasteiger charge is 2.24. The summed E-state index contributed by atoms with van der Waals surface area (Å²) in [4.78, 5) is 10.6. The van der Waals surface area contributed by atoms with Gasteiger partial charge in [0.1, 0.15) is 5.75 Å². The van der Waals surface area contributed by atoms with Crippen molar-refractivity contribution in [1.82, 2.24) is 0 Å². The first-order valence-corrected chi connectivity index (χ1v) is 4.31. The molecule has 1 aromatic carbocycles. The van der Waals surface area contributed by atoms with Gasteiger partial charge < -0.3 is 10.5 Å². The van der Waals surface area contributed by atoms with Gasteiger partial charge in [-0.15, -0.1) is 0 Å². The van der Waals surface area contributed by atoms with Crippen molar-refractivity contribution in [3.63, 3.8) is 0 Å². The number of hydrogen-bond acceptors (Lipinski definition) is 3. The molecule has 0 amide bonds. The Labute approximate surface area is 76.5 Å². The van der Waals surface area contributed by atoms with Crippen LogP contribution in [-0.4, -0.2) is 12.4 Å². The van der Waals surface area contributed by atoms with Crippen LogP contribution in [0.2, 0.25) is 0 Å². The Morgan fingerprint density at radius 1 is 1.46 bits per heavy atom. The second-order valence-electron chi connectivity index (χ2n) is 3.23. The zero-order chi connectivity index (χ0) is 9.26. The third kappa shape index (κ3) is 1.80. The third-order valence-electron chi connectivity index (χ3n) is 1.98. The van der Waals surface area contributed by atoms with Gasteiger partial charge in [-0.1, -0.05) is 0 Å². The van der Waals surface area contributed by atoms with Crippen molar-refractivity contribution in [2.45, 2.75) is 18.9 Å². The first-order chi connectivity index (χ1) is 6.29. The van der Waals surface area contributed by atoms with Gasteiger partial charge in [-0.25, -0.2) is 0 Å². The van der Waals surface area contributed by atoms with Crippen LogP contribution in [0.4, 0.5) is 5.69 Å². The van der Waals surface area contributed by atoms with E-state index in [-0.39, 0.29) is 0 Å². The number of aldehydes is 1. The average molecular weight is 177 g/mol. The molecule has 13 heavy (non-hydrogen) atoms. The molecule has 1 aliphatic rings. The van der Waals surface area contributed by atoms with E-state index in [1.165, 1.54) is 0 Å². The van der Waals surface area contributed by atoms with Gasteiger partial charge in [-0.2, -0.15) is 0 Å². The lowest BCUT2D eigenvalue weighted by atomic mass is 10.2. The molecule has 3 nitrogen and oxygen atoms in total. The van der Waals surface area contributed by atoms with Gasteiger partial charge in [0.2, 0.25) is 0 Å². The number of nitrogen functional groups attached to an aromatic ring is 1. The first kappa shape index (κ1) is 8.10. The molecular weight excluding hydrogens is 166 g/mol. The van der Waals surface area contributed by atoms with Crippen LogP contribution in [0.25, 0.3) is 0 Å². The summed E-state index contributed by atoms with van der Waals surface area (Å²) in [5.74, 6) is 0.645. The largest absolute Gasteiger partial charge is 0.490 e. The number of anilines is 1. The standard InChI is InChI=1S/C10H11NO2/c11-8-1-4-10(7(5-8)6-12)13-9-2-3-9/h1,4-6,9H,2-3,11H2. The van der Waals surface area contributed by atoms with Crippen molar-refractivity contribution in [1.29, 1.82) is 0 Å². The summed E-state index contributed by atoms with van der Waals surface area (Å²) in [7, 11) is 0. The molecule has 1 aliphatic carbocycles. The summed E-state index contributed by atoms with van der Waals surface area (Å²) in [5.41, 5.74) is 6.66. The SMILES string of the molecule is Nc1ccc(OC2CC2)c(C=O)c1. The highest BCUT2D eigenvalue weighted by atomic mass is 16.5. The van der Waals surface area contributed by atoms with E-state index in [0.29, 0.717) is 23.1 Å². The molecule has 0 spiro atoms. The highest BCUT2D eigenvalue weighted by molar-refractivity contribution is 5.81. The van der Waals surface area contributed by atoms with Crippen molar-refractivity contribution in [3.05, 3.63) is 23.8 Å². The van der Waals surface area contributed by atoms with Crippen molar-refractivity contribution in [2.24, 2.45) is 0 Å². The number of hydrogen-bond donors (Lipinski definition) is 1. The smallest absolute Gasteiger partial charge is 0.153 e. The van der Waals surface area contributed by atoms with Gasteiger partial charge in [0.25, 0.3) is 0 Å². The number of rotatable bonds is 3. The number of benzene rings is 1. The van der Waals surface area contributed by atoms with E-state index in [4.69, 9.17) is 10.5 Å². The van der Waals surface area contributed by atoms with Crippen LogP contribution in [-0.2, 0) is 0 Å². The van der Waals surface area contributed by atoms with E-state index in [9.17, 15) is 4.79 Å². The highest BCUT2D eigenvalue weighted by Crippen LogP contribution is 2.29. The molecule has 1 fully saturated rings. The molecule has 0 aromatic heterocycles. The maximum absolute atomic E-state index is 10.6. The fourth-order valence-corrected chi connectivity index (χ4v) is 1.13. The summed E-state index contributed by atoms with van der Waals surface area (Å²) in [6, 6.07) is 5.12. The second-order valence-corrected chi connectivity index (χ2v) is 3.23. The van der Waals surface area contributed by atoms with Crippen LogP contribution in [0, 0.1) is 0 Å². The maximum Gasteiger partial charge on any atom is 0.153 e. The van der Waals surface area contributed by atoms with Crippen LogP contribution in [0.3, 0.4) is 0 Å². The van der Waals surface area contributed by atoms with Crippen LogP contribution in [0.15, 0.2) is 18.2 Å². The normalized spacial score (nSPS) is 15.4. The molecule has 0 radical (unpaired) electrons. The van der Waals surface area contributed by atoms with Crippen molar-refractivity contribution in [3.8, 4) is 5.75 Å². The number of carbonyl (C=O) groups is 1. The lowest BCUT2D eigenvalue weighted by Gasteiger charge is -2.06. The van der Waals surface area contributed by atoms with E-state index >= 15 is 0 Å². The minimum absolute atomic E-state index is 0.308. The molecule has 0 unspecified atom stereocenters. The molecule has 3 heteroatoms. The molecule has 2 N–H and O–H groups in total. The molecular formula is C10H11NO2. The predicted octanol–water partition coefficient (Wildman–Crippen LogP) is 1.62. The van der Waals surface area contributed by atoms with Gasteiger partial charge in [0.05, 0.1) is 11.7 Å². The zero-order valence-corrected chi connectivity index (χ0v) is 7.19. The Morgan fingerprint density at radius 2 is 2.23 bits per heavy atom. The van der Waals surface area contributed by atoms with Gasteiger partial charge in [-0.3, -0.25) is 4.79 Å². The number of nitrogens with two attached hydrogens (primary N) is 1. The van der Waals surface area contributed by atoms with Crippen LogP contribution >= 0.6 is 0 Å². The molecule has 68 valence electrons. The molecule has 0 bridgehead atoms. The first-order valence-electron chi connectivity index (χ1n) is 4.31. The fourth-order valence-electron chi connectivity index (χ4n) is 1.13. The lowest BCUT2D eigenvalue weighted by Crippen LogP contribution is -2.00. The van der Waals surface area contributed by atoms with Crippen molar-refractivity contribution < 1.29 is 9.53 Å². The topological polar surface area (TPSA) is 52.3 Å². The zero-order valence-electron chi connectivity index (χ0n) is 7.19. The van der Waals surface area contributed by atoms with E-state index in [1.54, 1.807) is 18.2 Å². The molecule has 2 rings (SSSR count). The van der Waals surface area contributed by atoms with Gasteiger partial charge in [0, 0.05) is 5.69 Å². The van der Waals surface area contributed by atoms with E-state index < -0.39 is 0 Å². The molecule has 0 aliphatic heterocycles. The van der Waals surface area contributed by atoms with E-state index in [2.05, 4.69) is 0 Å². The lowest BCUT2D eigenvalue weighted by molar-refractivity contribution is 0.111. The Bertz CT molecular complexity index is 332. The number of ether oxygens (including phenoxy) is 1.